The molecule has 0 saturated heterocycles. The van der Waals surface area contributed by atoms with Crippen molar-refractivity contribution in [2.24, 2.45) is 5.92 Å². The molecule has 1 unspecified atom stereocenters. The van der Waals surface area contributed by atoms with E-state index in [1.807, 2.05) is 17.6 Å². The van der Waals surface area contributed by atoms with Gasteiger partial charge in [0.25, 0.3) is 0 Å². The number of hydrogen-bond donors (Lipinski definition) is 1. The van der Waals surface area contributed by atoms with Gasteiger partial charge in [0.1, 0.15) is 0 Å². The summed E-state index contributed by atoms with van der Waals surface area (Å²) in [6, 6.07) is 3.78. The van der Waals surface area contributed by atoms with E-state index in [1.165, 1.54) is 11.8 Å². The number of thioether (sulfide) groups is 1. The number of carbonyl (C=O) groups is 1. The topological polar surface area (TPSA) is 73.0 Å². The number of nitrogens with zero attached hydrogens (tertiary/aromatic N) is 3. The highest BCUT2D eigenvalue weighted by molar-refractivity contribution is 7.99. The molecular formula is C16H22N4O2S. The highest BCUT2D eigenvalue weighted by Gasteiger charge is 2.17. The van der Waals surface area contributed by atoms with E-state index in [9.17, 15) is 4.79 Å². The van der Waals surface area contributed by atoms with Gasteiger partial charge in [0.05, 0.1) is 12.0 Å². The third kappa shape index (κ3) is 4.48. The van der Waals surface area contributed by atoms with Gasteiger partial charge in [0, 0.05) is 12.6 Å². The number of furan rings is 1. The minimum Gasteiger partial charge on any atom is -0.461 e. The molecule has 124 valence electrons. The largest absolute Gasteiger partial charge is 0.461 e. The van der Waals surface area contributed by atoms with E-state index in [-0.39, 0.29) is 11.9 Å². The lowest BCUT2D eigenvalue weighted by Gasteiger charge is -2.17. The maximum absolute atomic E-state index is 12.0. The lowest BCUT2D eigenvalue weighted by Crippen LogP contribution is -2.37. The first-order chi connectivity index (χ1) is 11.0. The zero-order valence-corrected chi connectivity index (χ0v) is 14.5. The normalized spacial score (nSPS) is 12.3. The molecule has 0 aliphatic heterocycles. The summed E-state index contributed by atoms with van der Waals surface area (Å²) in [7, 11) is 0. The quantitative estimate of drug-likeness (QED) is 0.593. The third-order valence-corrected chi connectivity index (χ3v) is 4.46. The second-order valence-electron chi connectivity index (χ2n) is 5.57. The molecule has 0 aliphatic carbocycles. The van der Waals surface area contributed by atoms with Crippen molar-refractivity contribution in [3.8, 4) is 11.6 Å². The van der Waals surface area contributed by atoms with Gasteiger partial charge in [-0.2, -0.15) is 0 Å². The van der Waals surface area contributed by atoms with E-state index in [4.69, 9.17) is 4.42 Å². The molecule has 6 nitrogen and oxygen atoms in total. The molecule has 1 atom stereocenters. The first kappa shape index (κ1) is 17.3. The maximum atomic E-state index is 12.0. The SMILES string of the molecule is C=CCn1c(SCC(=O)NC(C)C(C)C)nnc1-c1ccco1. The molecular weight excluding hydrogens is 312 g/mol. The van der Waals surface area contributed by atoms with Crippen molar-refractivity contribution in [3.05, 3.63) is 31.1 Å². The van der Waals surface area contributed by atoms with Gasteiger partial charge in [-0.15, -0.1) is 16.8 Å². The molecule has 2 aromatic rings. The van der Waals surface area contributed by atoms with Gasteiger partial charge in [-0.3, -0.25) is 9.36 Å². The maximum Gasteiger partial charge on any atom is 0.230 e. The molecule has 0 aliphatic rings. The zero-order valence-electron chi connectivity index (χ0n) is 13.7. The number of carbonyl (C=O) groups excluding carboxylic acids is 1. The summed E-state index contributed by atoms with van der Waals surface area (Å²) < 4.78 is 7.26. The second kappa shape index (κ2) is 8.01. The van der Waals surface area contributed by atoms with Crippen molar-refractivity contribution in [3.63, 3.8) is 0 Å². The summed E-state index contributed by atoms with van der Waals surface area (Å²) >= 11 is 1.35. The summed E-state index contributed by atoms with van der Waals surface area (Å²) in [6.07, 6.45) is 3.36. The van der Waals surface area contributed by atoms with E-state index >= 15 is 0 Å². The Bertz CT molecular complexity index is 649. The molecule has 0 aromatic carbocycles. The van der Waals surface area contributed by atoms with Crippen LogP contribution in [0.3, 0.4) is 0 Å². The first-order valence-corrected chi connectivity index (χ1v) is 8.51. The van der Waals surface area contributed by atoms with Crippen LogP contribution in [0.25, 0.3) is 11.6 Å². The Labute approximate surface area is 140 Å². The Hall–Kier alpha value is -2.02. The molecule has 2 heterocycles. The van der Waals surface area contributed by atoms with E-state index < -0.39 is 0 Å². The fourth-order valence-corrected chi connectivity index (χ4v) is 2.63. The number of allylic oxidation sites excluding steroid dienone is 1. The van der Waals surface area contributed by atoms with Crippen LogP contribution in [0.2, 0.25) is 0 Å². The summed E-state index contributed by atoms with van der Waals surface area (Å²) in [5, 5.41) is 12.0. The van der Waals surface area contributed by atoms with Crippen LogP contribution in [-0.2, 0) is 11.3 Å². The van der Waals surface area contributed by atoms with Gasteiger partial charge in [-0.05, 0) is 25.0 Å². The van der Waals surface area contributed by atoms with Crippen molar-refractivity contribution < 1.29 is 9.21 Å². The lowest BCUT2D eigenvalue weighted by atomic mass is 10.1. The second-order valence-corrected chi connectivity index (χ2v) is 6.51. The van der Waals surface area contributed by atoms with E-state index in [2.05, 4.69) is 35.9 Å². The van der Waals surface area contributed by atoms with Crippen LogP contribution in [0.5, 0.6) is 0 Å². The standard InChI is InChI=1S/C16H22N4O2S/c1-5-8-20-15(13-7-6-9-22-13)18-19-16(20)23-10-14(21)17-12(4)11(2)3/h5-7,9,11-12H,1,8,10H2,2-4H3,(H,17,21). The van der Waals surface area contributed by atoms with Crippen LogP contribution >= 0.6 is 11.8 Å². The summed E-state index contributed by atoms with van der Waals surface area (Å²) in [5.41, 5.74) is 0. The van der Waals surface area contributed by atoms with E-state index in [0.717, 1.165) is 0 Å². The molecule has 0 spiro atoms. The number of amides is 1. The fourth-order valence-electron chi connectivity index (χ4n) is 1.87. The van der Waals surface area contributed by atoms with Gasteiger partial charge in [0.2, 0.25) is 11.7 Å². The Morgan fingerprint density at radius 1 is 1.48 bits per heavy atom. The van der Waals surface area contributed by atoms with Crippen molar-refractivity contribution in [2.45, 2.75) is 38.5 Å². The molecule has 23 heavy (non-hydrogen) atoms. The van der Waals surface area contributed by atoms with Crippen molar-refractivity contribution in [2.75, 3.05) is 5.75 Å². The Morgan fingerprint density at radius 3 is 2.87 bits per heavy atom. The molecule has 7 heteroatoms. The van der Waals surface area contributed by atoms with Crippen molar-refractivity contribution >= 4 is 17.7 Å². The number of rotatable bonds is 8. The van der Waals surface area contributed by atoms with Crippen LogP contribution in [-0.4, -0.2) is 32.5 Å². The van der Waals surface area contributed by atoms with Crippen LogP contribution in [0.1, 0.15) is 20.8 Å². The summed E-state index contributed by atoms with van der Waals surface area (Å²) in [4.78, 5) is 12.0. The van der Waals surface area contributed by atoms with Crippen molar-refractivity contribution in [1.82, 2.24) is 20.1 Å². The van der Waals surface area contributed by atoms with Gasteiger partial charge >= 0.3 is 0 Å². The molecule has 0 fully saturated rings. The number of hydrogen-bond acceptors (Lipinski definition) is 5. The predicted molar refractivity (Wildman–Crippen MR) is 91.1 cm³/mol. The fraction of sp³-hybridized carbons (Fsp3) is 0.438. The summed E-state index contributed by atoms with van der Waals surface area (Å²) in [5.74, 6) is 1.96. The number of aromatic nitrogens is 3. The minimum atomic E-state index is -0.0103. The molecule has 1 N–H and O–H groups in total. The van der Waals surface area contributed by atoms with E-state index in [0.29, 0.717) is 35.0 Å². The average molecular weight is 334 g/mol. The summed E-state index contributed by atoms with van der Waals surface area (Å²) in [6.45, 7) is 10.5. The zero-order chi connectivity index (χ0) is 16.8. The highest BCUT2D eigenvalue weighted by Crippen LogP contribution is 2.24. The molecule has 2 aromatic heterocycles. The molecule has 0 radical (unpaired) electrons. The van der Waals surface area contributed by atoms with Crippen LogP contribution < -0.4 is 5.32 Å². The Morgan fingerprint density at radius 2 is 2.26 bits per heavy atom. The van der Waals surface area contributed by atoms with Gasteiger partial charge in [-0.25, -0.2) is 0 Å². The smallest absolute Gasteiger partial charge is 0.230 e. The first-order valence-electron chi connectivity index (χ1n) is 7.53. The molecule has 0 saturated carbocycles. The van der Waals surface area contributed by atoms with Crippen LogP contribution in [0, 0.1) is 5.92 Å². The van der Waals surface area contributed by atoms with Gasteiger partial charge in [0.15, 0.2) is 10.9 Å². The Kier molecular flexibility index (Phi) is 6.04. The van der Waals surface area contributed by atoms with Crippen LogP contribution in [0.4, 0.5) is 0 Å². The predicted octanol–water partition coefficient (Wildman–Crippen LogP) is 2.98. The molecule has 2 rings (SSSR count). The number of nitrogens with one attached hydrogen (secondary N) is 1. The highest BCUT2D eigenvalue weighted by atomic mass is 32.2. The lowest BCUT2D eigenvalue weighted by molar-refractivity contribution is -0.119. The monoisotopic (exact) mass is 334 g/mol. The Balaban J connectivity index is 2.05. The van der Waals surface area contributed by atoms with Gasteiger partial charge in [-0.1, -0.05) is 31.7 Å². The molecule has 0 bridgehead atoms. The third-order valence-electron chi connectivity index (χ3n) is 3.49. The van der Waals surface area contributed by atoms with E-state index in [1.54, 1.807) is 18.4 Å². The van der Waals surface area contributed by atoms with Crippen LogP contribution in [0.15, 0.2) is 40.6 Å². The van der Waals surface area contributed by atoms with Crippen molar-refractivity contribution in [1.29, 1.82) is 0 Å². The minimum absolute atomic E-state index is 0.0103. The molecule has 1 amide bonds. The average Bonchev–Trinajstić information content (AvgIpc) is 3.14. The van der Waals surface area contributed by atoms with Gasteiger partial charge < -0.3 is 9.73 Å².